The zero-order chi connectivity index (χ0) is 20.6. The first-order valence-electron chi connectivity index (χ1n) is 9.38. The zero-order valence-electron chi connectivity index (χ0n) is 17.2. The van der Waals surface area contributed by atoms with Crippen molar-refractivity contribution >= 4 is 28.6 Å². The molecule has 0 saturated carbocycles. The summed E-state index contributed by atoms with van der Waals surface area (Å²) in [6.45, 7) is 7.94. The van der Waals surface area contributed by atoms with E-state index in [0.29, 0.717) is 0 Å². The molecule has 6 heteroatoms. The van der Waals surface area contributed by atoms with Crippen LogP contribution in [0.3, 0.4) is 0 Å². The molecule has 148 valence electrons. The summed E-state index contributed by atoms with van der Waals surface area (Å²) in [5.41, 5.74) is 5.16. The highest BCUT2D eigenvalue weighted by molar-refractivity contribution is 6.31. The molecule has 3 aromatic rings. The molecule has 1 atom stereocenters. The first-order chi connectivity index (χ1) is 13.2. The van der Waals surface area contributed by atoms with Gasteiger partial charge in [-0.25, -0.2) is 4.68 Å². The van der Waals surface area contributed by atoms with Crippen LogP contribution in [0, 0.1) is 12.3 Å². The van der Waals surface area contributed by atoms with Gasteiger partial charge in [0.1, 0.15) is 5.52 Å². The fourth-order valence-electron chi connectivity index (χ4n) is 3.97. The van der Waals surface area contributed by atoms with Crippen LogP contribution in [-0.4, -0.2) is 28.1 Å². The second-order valence-corrected chi connectivity index (χ2v) is 8.12. The zero-order valence-corrected chi connectivity index (χ0v) is 18.0. The first kappa shape index (κ1) is 20.3. The normalized spacial score (nSPS) is 13.0. The Hall–Kier alpha value is -2.40. The van der Waals surface area contributed by atoms with E-state index in [-0.39, 0.29) is 11.9 Å². The van der Waals surface area contributed by atoms with Gasteiger partial charge in [0.15, 0.2) is 0 Å². The summed E-state index contributed by atoms with van der Waals surface area (Å²) >= 11 is 6.35. The lowest BCUT2D eigenvalue weighted by atomic mass is 9.70. The molecular formula is C22H26ClN3O2. The minimum Gasteiger partial charge on any atom is -0.469 e. The summed E-state index contributed by atoms with van der Waals surface area (Å²) in [5, 5.41) is 9.20. The van der Waals surface area contributed by atoms with E-state index < -0.39 is 5.41 Å². The Morgan fingerprint density at radius 3 is 2.64 bits per heavy atom. The molecule has 3 rings (SSSR count). The minimum absolute atomic E-state index is 0.214. The van der Waals surface area contributed by atoms with Gasteiger partial charge in [0, 0.05) is 18.0 Å². The predicted octanol–water partition coefficient (Wildman–Crippen LogP) is 4.82. The number of carbonyl (C=O) groups is 1. The number of benzene rings is 2. The Balaban J connectivity index is 2.28. The van der Waals surface area contributed by atoms with Gasteiger partial charge in [0.25, 0.3) is 0 Å². The van der Waals surface area contributed by atoms with Crippen LogP contribution >= 0.6 is 11.6 Å². The number of hydrogen-bond donors (Lipinski definition) is 0. The SMILES string of the molecule is CCc1cc(C(c2ccc3c(nnn3C)c2C)C(C)(C)C(=O)OC)ccc1Cl. The standard InChI is InChI=1S/C22H26ClN3O2/c1-7-14-12-15(8-10-17(14)23)19(22(3,4)21(27)28-6)16-9-11-18-20(13(16)2)24-25-26(18)5/h8-12,19H,7H2,1-6H3. The average Bonchev–Trinajstić information content (AvgIpc) is 3.05. The third kappa shape index (κ3) is 3.28. The van der Waals surface area contributed by atoms with Crippen molar-refractivity contribution in [1.82, 2.24) is 15.0 Å². The van der Waals surface area contributed by atoms with Crippen molar-refractivity contribution in [2.75, 3.05) is 7.11 Å². The molecule has 0 bridgehead atoms. The highest BCUT2D eigenvalue weighted by Crippen LogP contribution is 2.44. The van der Waals surface area contributed by atoms with E-state index in [4.69, 9.17) is 16.3 Å². The number of methoxy groups -OCH3 is 1. The number of nitrogens with zero attached hydrogens (tertiary/aromatic N) is 3. The maximum Gasteiger partial charge on any atom is 0.312 e. The van der Waals surface area contributed by atoms with E-state index in [1.807, 2.05) is 46.0 Å². The van der Waals surface area contributed by atoms with Gasteiger partial charge in [-0.3, -0.25) is 4.79 Å². The number of hydrogen-bond acceptors (Lipinski definition) is 4. The molecule has 0 N–H and O–H groups in total. The van der Waals surface area contributed by atoms with E-state index in [9.17, 15) is 4.79 Å². The van der Waals surface area contributed by atoms with Crippen molar-refractivity contribution in [2.24, 2.45) is 12.5 Å². The molecule has 0 spiro atoms. The molecule has 5 nitrogen and oxygen atoms in total. The molecular weight excluding hydrogens is 374 g/mol. The van der Waals surface area contributed by atoms with Gasteiger partial charge in [0.05, 0.1) is 18.0 Å². The lowest BCUT2D eigenvalue weighted by molar-refractivity contribution is -0.151. The first-order valence-corrected chi connectivity index (χ1v) is 9.75. The molecule has 1 heterocycles. The number of aryl methyl sites for hydroxylation is 3. The number of rotatable bonds is 5. The Morgan fingerprint density at radius 2 is 2.00 bits per heavy atom. The lowest BCUT2D eigenvalue weighted by Gasteiger charge is -2.34. The van der Waals surface area contributed by atoms with Crippen LogP contribution in [0.15, 0.2) is 30.3 Å². The molecule has 2 aromatic carbocycles. The number of fused-ring (bicyclic) bond motifs is 1. The second kappa shape index (κ2) is 7.55. The van der Waals surface area contributed by atoms with Crippen LogP contribution in [-0.2, 0) is 23.0 Å². The summed E-state index contributed by atoms with van der Waals surface area (Å²) in [6.07, 6.45) is 0.820. The van der Waals surface area contributed by atoms with Crippen molar-refractivity contribution in [3.63, 3.8) is 0 Å². The number of ether oxygens (including phenoxy) is 1. The fraction of sp³-hybridized carbons (Fsp3) is 0.409. The maximum absolute atomic E-state index is 12.7. The van der Waals surface area contributed by atoms with Gasteiger partial charge in [-0.15, -0.1) is 5.10 Å². The maximum atomic E-state index is 12.7. The molecule has 1 aromatic heterocycles. The number of halogens is 1. The van der Waals surface area contributed by atoms with Crippen LogP contribution in [0.4, 0.5) is 0 Å². The Morgan fingerprint density at radius 1 is 1.29 bits per heavy atom. The summed E-state index contributed by atoms with van der Waals surface area (Å²) in [5.74, 6) is -0.474. The van der Waals surface area contributed by atoms with E-state index in [1.54, 1.807) is 4.68 Å². The number of aromatic nitrogens is 3. The number of carbonyl (C=O) groups excluding carboxylic acids is 1. The molecule has 0 saturated heterocycles. The lowest BCUT2D eigenvalue weighted by Crippen LogP contribution is -2.34. The molecule has 0 fully saturated rings. The highest BCUT2D eigenvalue weighted by atomic mass is 35.5. The van der Waals surface area contributed by atoms with Crippen molar-refractivity contribution in [3.8, 4) is 0 Å². The van der Waals surface area contributed by atoms with Crippen LogP contribution < -0.4 is 0 Å². The minimum atomic E-state index is -0.783. The van der Waals surface area contributed by atoms with Gasteiger partial charge < -0.3 is 4.74 Å². The van der Waals surface area contributed by atoms with Gasteiger partial charge in [-0.2, -0.15) is 0 Å². The largest absolute Gasteiger partial charge is 0.469 e. The van der Waals surface area contributed by atoms with E-state index in [2.05, 4.69) is 29.4 Å². The summed E-state index contributed by atoms with van der Waals surface area (Å²) in [4.78, 5) is 12.7. The quantitative estimate of drug-likeness (QED) is 0.577. The molecule has 0 amide bonds. The predicted molar refractivity (Wildman–Crippen MR) is 112 cm³/mol. The summed E-state index contributed by atoms with van der Waals surface area (Å²) < 4.78 is 6.91. The monoisotopic (exact) mass is 399 g/mol. The van der Waals surface area contributed by atoms with E-state index >= 15 is 0 Å². The van der Waals surface area contributed by atoms with Gasteiger partial charge in [-0.05, 0) is 61.6 Å². The molecule has 0 aliphatic rings. The summed E-state index contributed by atoms with van der Waals surface area (Å²) in [6, 6.07) is 10.1. The summed E-state index contributed by atoms with van der Waals surface area (Å²) in [7, 11) is 3.30. The molecule has 28 heavy (non-hydrogen) atoms. The van der Waals surface area contributed by atoms with E-state index in [1.165, 1.54) is 7.11 Å². The third-order valence-electron chi connectivity index (χ3n) is 5.61. The van der Waals surface area contributed by atoms with Gasteiger partial charge in [-0.1, -0.05) is 41.9 Å². The van der Waals surface area contributed by atoms with Crippen LogP contribution in [0.1, 0.15) is 48.9 Å². The smallest absolute Gasteiger partial charge is 0.312 e. The molecule has 0 radical (unpaired) electrons. The second-order valence-electron chi connectivity index (χ2n) is 7.71. The van der Waals surface area contributed by atoms with Crippen LogP contribution in [0.5, 0.6) is 0 Å². The van der Waals surface area contributed by atoms with Crippen molar-refractivity contribution in [1.29, 1.82) is 0 Å². The highest BCUT2D eigenvalue weighted by Gasteiger charge is 2.41. The average molecular weight is 400 g/mol. The van der Waals surface area contributed by atoms with Crippen LogP contribution in [0.25, 0.3) is 11.0 Å². The van der Waals surface area contributed by atoms with Gasteiger partial charge >= 0.3 is 5.97 Å². The van der Waals surface area contributed by atoms with Gasteiger partial charge in [0.2, 0.25) is 0 Å². The van der Waals surface area contributed by atoms with Crippen molar-refractivity contribution in [2.45, 2.75) is 40.0 Å². The van der Waals surface area contributed by atoms with Crippen molar-refractivity contribution < 1.29 is 9.53 Å². The third-order valence-corrected chi connectivity index (χ3v) is 5.98. The Bertz CT molecular complexity index is 1040. The topological polar surface area (TPSA) is 57.0 Å². The van der Waals surface area contributed by atoms with Crippen molar-refractivity contribution in [3.05, 3.63) is 57.6 Å². The van der Waals surface area contributed by atoms with E-state index in [0.717, 1.165) is 44.7 Å². The van der Waals surface area contributed by atoms with Crippen LogP contribution in [0.2, 0.25) is 5.02 Å². The Kier molecular flexibility index (Phi) is 5.48. The number of esters is 1. The Labute approximate surface area is 170 Å². The fourth-order valence-corrected chi connectivity index (χ4v) is 4.22. The molecule has 1 unspecified atom stereocenters. The molecule has 0 aliphatic heterocycles. The molecule has 0 aliphatic carbocycles.